The molecule has 0 atom stereocenters. The van der Waals surface area contributed by atoms with E-state index < -0.39 is 0 Å². The summed E-state index contributed by atoms with van der Waals surface area (Å²) in [7, 11) is 0. The van der Waals surface area contributed by atoms with Crippen molar-refractivity contribution in [2.24, 2.45) is 0 Å². The van der Waals surface area contributed by atoms with Crippen molar-refractivity contribution in [3.8, 4) is 0 Å². The molecule has 0 spiro atoms. The normalized spacial score (nSPS) is 13.0. The molecule has 120 valence electrons. The summed E-state index contributed by atoms with van der Waals surface area (Å²) >= 11 is 0. The van der Waals surface area contributed by atoms with Gasteiger partial charge in [0, 0.05) is 0 Å². The molecule has 0 saturated heterocycles. The van der Waals surface area contributed by atoms with Crippen LogP contribution >= 0.6 is 0 Å². The first-order chi connectivity index (χ1) is 10.6. The zero-order chi connectivity index (χ0) is 17.0. The van der Waals surface area contributed by atoms with Crippen LogP contribution in [0.2, 0.25) is 0 Å². The van der Waals surface area contributed by atoms with Crippen molar-refractivity contribution < 1.29 is 0 Å². The van der Waals surface area contributed by atoms with E-state index in [4.69, 9.17) is 0 Å². The van der Waals surface area contributed by atoms with Gasteiger partial charge in [0.25, 0.3) is 0 Å². The van der Waals surface area contributed by atoms with Crippen molar-refractivity contribution >= 4 is 21.5 Å². The highest BCUT2D eigenvalue weighted by Crippen LogP contribution is 2.44. The van der Waals surface area contributed by atoms with E-state index in [1.807, 2.05) is 0 Å². The van der Waals surface area contributed by atoms with Gasteiger partial charge in [0.2, 0.25) is 0 Å². The van der Waals surface area contributed by atoms with Gasteiger partial charge in [-0.1, -0.05) is 89.6 Å². The zero-order valence-electron chi connectivity index (χ0n) is 15.5. The maximum atomic E-state index is 2.35. The van der Waals surface area contributed by atoms with E-state index >= 15 is 0 Å². The lowest BCUT2D eigenvalue weighted by atomic mass is 9.71. The van der Waals surface area contributed by atoms with Gasteiger partial charge >= 0.3 is 0 Å². The van der Waals surface area contributed by atoms with Crippen LogP contribution in [0.3, 0.4) is 0 Å². The second-order valence-corrected chi connectivity index (χ2v) is 8.84. The molecule has 0 bridgehead atoms. The van der Waals surface area contributed by atoms with Gasteiger partial charge in [-0.25, -0.2) is 0 Å². The van der Waals surface area contributed by atoms with Crippen LogP contribution < -0.4 is 0 Å². The first-order valence-electron chi connectivity index (χ1n) is 8.57. The second-order valence-electron chi connectivity index (χ2n) is 8.84. The maximum Gasteiger partial charge on any atom is -0.00996 e. The molecule has 0 aliphatic rings. The Kier molecular flexibility index (Phi) is 3.55. The van der Waals surface area contributed by atoms with E-state index in [1.165, 1.54) is 38.2 Å². The monoisotopic (exact) mass is 304 g/mol. The Morgan fingerprint density at radius 3 is 1.57 bits per heavy atom. The van der Waals surface area contributed by atoms with Crippen molar-refractivity contribution in [1.29, 1.82) is 0 Å². The topological polar surface area (TPSA) is 0 Å². The molecule has 0 amide bonds. The molecule has 0 N–H and O–H groups in total. The molecule has 0 heterocycles. The smallest absolute Gasteiger partial charge is 0.00996 e. The van der Waals surface area contributed by atoms with Gasteiger partial charge in [-0.05, 0) is 50.4 Å². The molecule has 0 heteroatoms. The molecule has 3 aromatic rings. The third-order valence-corrected chi connectivity index (χ3v) is 4.68. The first-order valence-corrected chi connectivity index (χ1v) is 8.57. The van der Waals surface area contributed by atoms with Gasteiger partial charge < -0.3 is 0 Å². The molecule has 3 rings (SSSR count). The number of hydrogen-bond acceptors (Lipinski definition) is 0. The molecule has 0 aromatic heterocycles. The van der Waals surface area contributed by atoms with E-state index in [0.29, 0.717) is 0 Å². The second kappa shape index (κ2) is 5.09. The van der Waals surface area contributed by atoms with E-state index in [9.17, 15) is 0 Å². The zero-order valence-corrected chi connectivity index (χ0v) is 15.5. The molecule has 0 aliphatic carbocycles. The summed E-state index contributed by atoms with van der Waals surface area (Å²) in [5.41, 5.74) is 4.54. The minimum absolute atomic E-state index is 0.111. The molecule has 3 aromatic carbocycles. The van der Waals surface area contributed by atoms with E-state index in [0.717, 1.165) is 0 Å². The molecular formula is C23H28. The predicted octanol–water partition coefficient (Wildman–Crippen LogP) is 6.90. The molecule has 0 fully saturated rings. The van der Waals surface area contributed by atoms with Crippen molar-refractivity contribution in [3.05, 3.63) is 59.2 Å². The summed E-state index contributed by atoms with van der Waals surface area (Å²) in [6.45, 7) is 16.2. The third kappa shape index (κ3) is 2.65. The number of rotatable bonds is 0. The van der Waals surface area contributed by atoms with Crippen LogP contribution in [0.5, 0.6) is 0 Å². The highest BCUT2D eigenvalue weighted by Gasteiger charge is 2.29. The lowest BCUT2D eigenvalue weighted by molar-refractivity contribution is 0.539. The quantitative estimate of drug-likeness (QED) is 0.396. The van der Waals surface area contributed by atoms with E-state index in [2.05, 4.69) is 90.9 Å². The number of fused-ring (bicyclic) bond motifs is 3. The van der Waals surface area contributed by atoms with Gasteiger partial charge in [0.1, 0.15) is 0 Å². The molecule has 0 nitrogen and oxygen atoms in total. The fraction of sp³-hybridized carbons (Fsp3) is 0.391. The van der Waals surface area contributed by atoms with E-state index in [-0.39, 0.29) is 10.8 Å². The maximum absolute atomic E-state index is 2.35. The predicted molar refractivity (Wildman–Crippen MR) is 104 cm³/mol. The largest absolute Gasteiger partial charge is 0.0616 e. The third-order valence-electron chi connectivity index (χ3n) is 4.68. The van der Waals surface area contributed by atoms with Crippen LogP contribution in [-0.4, -0.2) is 0 Å². The summed E-state index contributed by atoms with van der Waals surface area (Å²) in [5, 5.41) is 5.58. The fourth-order valence-corrected chi connectivity index (χ4v) is 3.86. The first kappa shape index (κ1) is 16.1. The van der Waals surface area contributed by atoms with Gasteiger partial charge in [0.05, 0.1) is 0 Å². The summed E-state index contributed by atoms with van der Waals surface area (Å²) in [6, 6.07) is 15.8. The van der Waals surface area contributed by atoms with Gasteiger partial charge in [-0.15, -0.1) is 0 Å². The number of benzene rings is 3. The Balaban J connectivity index is 2.68. The summed E-state index contributed by atoms with van der Waals surface area (Å²) < 4.78 is 0. The van der Waals surface area contributed by atoms with Crippen molar-refractivity contribution in [2.75, 3.05) is 0 Å². The van der Waals surface area contributed by atoms with Crippen LogP contribution in [-0.2, 0) is 10.8 Å². The molecule has 0 unspecified atom stereocenters. The minimum Gasteiger partial charge on any atom is -0.0616 e. The highest BCUT2D eigenvalue weighted by atomic mass is 14.3. The highest BCUT2D eigenvalue weighted by molar-refractivity contribution is 6.11. The molecule has 0 radical (unpaired) electrons. The van der Waals surface area contributed by atoms with Crippen LogP contribution in [0.15, 0.2) is 42.5 Å². The van der Waals surface area contributed by atoms with Crippen molar-refractivity contribution in [1.82, 2.24) is 0 Å². The van der Waals surface area contributed by atoms with Gasteiger partial charge in [-0.3, -0.25) is 0 Å². The van der Waals surface area contributed by atoms with Gasteiger partial charge in [-0.2, -0.15) is 0 Å². The molecular weight excluding hydrogens is 276 g/mol. The summed E-state index contributed by atoms with van der Waals surface area (Å²) in [4.78, 5) is 0. The lowest BCUT2D eigenvalue weighted by Crippen LogP contribution is -2.23. The Morgan fingerprint density at radius 2 is 1.04 bits per heavy atom. The van der Waals surface area contributed by atoms with E-state index in [1.54, 1.807) is 0 Å². The lowest BCUT2D eigenvalue weighted by Gasteiger charge is -2.33. The SMILES string of the molecule is Cc1ccc2c(C(C)(C)C)c(C(C)(C)C)c3ccccc3c2c1. The van der Waals surface area contributed by atoms with Crippen LogP contribution in [0.1, 0.15) is 58.2 Å². The summed E-state index contributed by atoms with van der Waals surface area (Å²) in [6.07, 6.45) is 0. The minimum atomic E-state index is 0.111. The Labute approximate surface area is 140 Å². The number of aryl methyl sites for hydroxylation is 1. The van der Waals surface area contributed by atoms with Crippen LogP contribution in [0.4, 0.5) is 0 Å². The van der Waals surface area contributed by atoms with Crippen LogP contribution in [0, 0.1) is 6.92 Å². The Bertz CT molecular complexity index is 884. The fourth-order valence-electron chi connectivity index (χ4n) is 3.86. The van der Waals surface area contributed by atoms with Crippen molar-refractivity contribution in [2.45, 2.75) is 59.3 Å². The number of hydrogen-bond donors (Lipinski definition) is 0. The molecule has 23 heavy (non-hydrogen) atoms. The molecule has 0 saturated carbocycles. The average molecular weight is 304 g/mol. The Morgan fingerprint density at radius 1 is 0.565 bits per heavy atom. The standard InChI is InChI=1S/C23H28/c1-15-12-13-18-19(14-15)16-10-8-9-11-17(16)20(22(2,3)4)21(18)23(5,6)7/h8-14H,1-7H3. The molecule has 0 aliphatic heterocycles. The average Bonchev–Trinajstić information content (AvgIpc) is 2.43. The van der Waals surface area contributed by atoms with Crippen molar-refractivity contribution in [3.63, 3.8) is 0 Å². The summed E-state index contributed by atoms with van der Waals surface area (Å²) in [5.74, 6) is 0. The van der Waals surface area contributed by atoms with Gasteiger partial charge in [0.15, 0.2) is 0 Å². The Hall–Kier alpha value is -1.82. The van der Waals surface area contributed by atoms with Crippen LogP contribution in [0.25, 0.3) is 21.5 Å².